The molecule has 0 fully saturated rings. The van der Waals surface area contributed by atoms with Gasteiger partial charge in [0.05, 0.1) is 21.3 Å². The Bertz CT molecular complexity index is 692. The van der Waals surface area contributed by atoms with Gasteiger partial charge in [0.1, 0.15) is 11.5 Å². The number of ether oxygens (including phenoxy) is 3. The molecule has 29 heavy (non-hydrogen) atoms. The highest BCUT2D eigenvalue weighted by molar-refractivity contribution is 5.27. The predicted octanol–water partition coefficient (Wildman–Crippen LogP) is 5.31. The van der Waals surface area contributed by atoms with Crippen LogP contribution in [0.1, 0.15) is 30.5 Å². The molecule has 1 heterocycles. The Morgan fingerprint density at radius 1 is 0.621 bits per heavy atom. The van der Waals surface area contributed by atoms with Crippen molar-refractivity contribution in [2.45, 2.75) is 33.6 Å². The number of methoxy groups -OCH3 is 3. The average molecular weight is 397 g/mol. The van der Waals surface area contributed by atoms with Crippen LogP contribution in [0.4, 0.5) is 0 Å². The largest absolute Gasteiger partial charge is 0.497 e. The third kappa shape index (κ3) is 9.60. The van der Waals surface area contributed by atoms with Gasteiger partial charge in [-0.05, 0) is 55.2 Å². The van der Waals surface area contributed by atoms with Crippen LogP contribution in [0.2, 0.25) is 0 Å². The summed E-state index contributed by atoms with van der Waals surface area (Å²) in [6, 6.07) is 16.5. The summed E-state index contributed by atoms with van der Waals surface area (Å²) in [4.78, 5) is 7.87. The van der Waals surface area contributed by atoms with Crippen LogP contribution in [0.5, 0.6) is 17.5 Å². The van der Waals surface area contributed by atoms with Gasteiger partial charge in [0.25, 0.3) is 0 Å². The van der Waals surface area contributed by atoms with Crippen LogP contribution in [0.25, 0.3) is 0 Å². The molecule has 5 heteroatoms. The van der Waals surface area contributed by atoms with Crippen LogP contribution >= 0.6 is 0 Å². The summed E-state index contributed by atoms with van der Waals surface area (Å²) in [6.45, 7) is 6.26. The van der Waals surface area contributed by atoms with Crippen LogP contribution in [-0.4, -0.2) is 31.3 Å². The Kier molecular flexibility index (Phi) is 11.6. The van der Waals surface area contributed by atoms with E-state index in [2.05, 4.69) is 42.9 Å². The number of hydrogen-bond donors (Lipinski definition) is 0. The van der Waals surface area contributed by atoms with Gasteiger partial charge in [0.15, 0.2) is 0 Å². The van der Waals surface area contributed by atoms with Crippen LogP contribution in [0.15, 0.2) is 60.9 Å². The van der Waals surface area contributed by atoms with E-state index in [1.165, 1.54) is 11.1 Å². The van der Waals surface area contributed by atoms with Gasteiger partial charge < -0.3 is 14.2 Å². The monoisotopic (exact) mass is 396 g/mol. The van der Waals surface area contributed by atoms with Crippen LogP contribution in [-0.2, 0) is 12.8 Å². The fraction of sp³-hybridized carbons (Fsp3) is 0.333. The van der Waals surface area contributed by atoms with E-state index in [1.807, 2.05) is 36.4 Å². The van der Waals surface area contributed by atoms with Gasteiger partial charge in [0.2, 0.25) is 0 Å². The molecule has 3 aromatic rings. The van der Waals surface area contributed by atoms with Gasteiger partial charge in [-0.2, -0.15) is 0 Å². The summed E-state index contributed by atoms with van der Waals surface area (Å²) in [7, 11) is 4.91. The molecule has 0 amide bonds. The lowest BCUT2D eigenvalue weighted by Gasteiger charge is -1.99. The van der Waals surface area contributed by atoms with E-state index in [9.17, 15) is 0 Å². The fourth-order valence-corrected chi connectivity index (χ4v) is 2.17. The quantitative estimate of drug-likeness (QED) is 0.585. The third-order valence-corrected chi connectivity index (χ3v) is 4.10. The van der Waals surface area contributed by atoms with Crippen molar-refractivity contribution in [3.63, 3.8) is 0 Å². The molecule has 5 nitrogen and oxygen atoms in total. The molecule has 0 N–H and O–H groups in total. The van der Waals surface area contributed by atoms with Crippen LogP contribution in [0.3, 0.4) is 0 Å². The Hall–Kier alpha value is -3.08. The maximum Gasteiger partial charge on any atom is 0.316 e. The minimum Gasteiger partial charge on any atom is -0.497 e. The summed E-state index contributed by atoms with van der Waals surface area (Å²) < 4.78 is 14.8. The Morgan fingerprint density at radius 3 is 1.45 bits per heavy atom. The normalized spacial score (nSPS) is 9.31. The Labute approximate surface area is 174 Å². The Morgan fingerprint density at radius 2 is 1.07 bits per heavy atom. The number of benzene rings is 2. The zero-order chi connectivity index (χ0) is 21.5. The molecule has 1 aromatic heterocycles. The number of aryl methyl sites for hydroxylation is 3. The van der Waals surface area contributed by atoms with Crippen molar-refractivity contribution in [3.05, 3.63) is 77.6 Å². The van der Waals surface area contributed by atoms with E-state index in [1.54, 1.807) is 33.7 Å². The van der Waals surface area contributed by atoms with Crippen LogP contribution in [0, 0.1) is 6.92 Å². The minimum atomic E-state index is 0.428. The maximum absolute atomic E-state index is 5.01. The SMILES string of the molecule is CCc1ccc(OC)cc1.CCc1cnc(OC)nc1.COc1ccc(C)cc1. The molecule has 0 aliphatic rings. The standard InChI is InChI=1S/C9H12O.C8H10O.C7H10N2O/c1-3-8-4-6-9(10-2)7-5-8;1-7-3-5-8(9-2)6-4-7;1-3-6-4-8-7(10-2)9-5-6/h4-7H,3H2,1-2H3;3-6H,1-2H3;4-5H,3H2,1-2H3. The fourth-order valence-electron chi connectivity index (χ4n) is 2.17. The highest BCUT2D eigenvalue weighted by Crippen LogP contribution is 2.11. The molecule has 0 saturated carbocycles. The van der Waals surface area contributed by atoms with Gasteiger partial charge >= 0.3 is 6.01 Å². The van der Waals surface area contributed by atoms with Crippen molar-refractivity contribution < 1.29 is 14.2 Å². The average Bonchev–Trinajstić information content (AvgIpc) is 2.80. The van der Waals surface area contributed by atoms with E-state index in [-0.39, 0.29) is 0 Å². The first-order valence-electron chi connectivity index (χ1n) is 9.64. The molecule has 0 aliphatic carbocycles. The second kappa shape index (κ2) is 14.0. The summed E-state index contributed by atoms with van der Waals surface area (Å²) in [5, 5.41) is 0. The highest BCUT2D eigenvalue weighted by Gasteiger charge is 1.92. The molecule has 0 spiro atoms. The van der Waals surface area contributed by atoms with E-state index in [0.29, 0.717) is 6.01 Å². The van der Waals surface area contributed by atoms with E-state index < -0.39 is 0 Å². The number of rotatable bonds is 5. The lowest BCUT2D eigenvalue weighted by molar-refractivity contribution is 0.379. The van der Waals surface area contributed by atoms with E-state index in [0.717, 1.165) is 29.9 Å². The molecule has 0 saturated heterocycles. The lowest BCUT2D eigenvalue weighted by Crippen LogP contribution is -1.92. The number of nitrogens with zero attached hydrogens (tertiary/aromatic N) is 2. The molecule has 0 radical (unpaired) electrons. The van der Waals surface area contributed by atoms with Crippen molar-refractivity contribution in [2.75, 3.05) is 21.3 Å². The van der Waals surface area contributed by atoms with Gasteiger partial charge in [0, 0.05) is 12.4 Å². The second-order valence-corrected chi connectivity index (χ2v) is 6.15. The highest BCUT2D eigenvalue weighted by atomic mass is 16.5. The maximum atomic E-state index is 5.01. The minimum absolute atomic E-state index is 0.428. The Balaban J connectivity index is 0.000000218. The number of hydrogen-bond acceptors (Lipinski definition) is 5. The van der Waals surface area contributed by atoms with Gasteiger partial charge in [-0.3, -0.25) is 0 Å². The first-order chi connectivity index (χ1) is 14.1. The predicted molar refractivity (Wildman–Crippen MR) is 118 cm³/mol. The van der Waals surface area contributed by atoms with Gasteiger partial charge in [-0.25, -0.2) is 9.97 Å². The third-order valence-electron chi connectivity index (χ3n) is 4.10. The van der Waals surface area contributed by atoms with Crippen molar-refractivity contribution in [2.24, 2.45) is 0 Å². The van der Waals surface area contributed by atoms with Gasteiger partial charge in [-0.1, -0.05) is 43.7 Å². The first kappa shape index (κ1) is 24.0. The van der Waals surface area contributed by atoms with Gasteiger partial charge in [-0.15, -0.1) is 0 Å². The number of aromatic nitrogens is 2. The van der Waals surface area contributed by atoms with Crippen LogP contribution < -0.4 is 14.2 Å². The first-order valence-corrected chi connectivity index (χ1v) is 9.64. The lowest BCUT2D eigenvalue weighted by atomic mass is 10.2. The second-order valence-electron chi connectivity index (χ2n) is 6.15. The summed E-state index contributed by atoms with van der Waals surface area (Å²) in [5.74, 6) is 1.85. The summed E-state index contributed by atoms with van der Waals surface area (Å²) >= 11 is 0. The molecule has 0 aliphatic heterocycles. The summed E-state index contributed by atoms with van der Waals surface area (Å²) in [6.07, 6.45) is 5.59. The molecule has 2 aromatic carbocycles. The molecule has 0 unspecified atom stereocenters. The molecule has 0 bridgehead atoms. The molecular weight excluding hydrogens is 364 g/mol. The molecule has 156 valence electrons. The molecular formula is C24H32N2O3. The smallest absolute Gasteiger partial charge is 0.316 e. The van der Waals surface area contributed by atoms with Crippen molar-refractivity contribution in [1.29, 1.82) is 0 Å². The zero-order valence-electron chi connectivity index (χ0n) is 18.3. The molecule has 0 atom stereocenters. The zero-order valence-corrected chi connectivity index (χ0v) is 18.3. The topological polar surface area (TPSA) is 53.5 Å². The molecule has 3 rings (SSSR count). The van der Waals surface area contributed by atoms with E-state index >= 15 is 0 Å². The van der Waals surface area contributed by atoms with Crippen molar-refractivity contribution in [3.8, 4) is 17.5 Å². The van der Waals surface area contributed by atoms with E-state index in [4.69, 9.17) is 14.2 Å². The summed E-state index contributed by atoms with van der Waals surface area (Å²) in [5.41, 5.74) is 3.73. The van der Waals surface area contributed by atoms with Crippen molar-refractivity contribution in [1.82, 2.24) is 9.97 Å². The van der Waals surface area contributed by atoms with Crippen molar-refractivity contribution >= 4 is 0 Å².